The Balaban J connectivity index is 1.73. The molecule has 2 aromatic heterocycles. The number of hydrogen-bond donors (Lipinski definition) is 2. The first-order valence-electron chi connectivity index (χ1n) is 6.10. The maximum absolute atomic E-state index is 5.65. The van der Waals surface area contributed by atoms with E-state index < -0.39 is 0 Å². The largest absolute Gasteiger partial charge is 0.374 e. The van der Waals surface area contributed by atoms with Crippen molar-refractivity contribution in [3.63, 3.8) is 0 Å². The molecular weight excluding hydrogens is 248 g/mol. The minimum atomic E-state index is 0.212. The molecule has 1 saturated heterocycles. The molecule has 0 radical (unpaired) electrons. The van der Waals surface area contributed by atoms with Gasteiger partial charge in [0.1, 0.15) is 17.0 Å². The molecule has 0 amide bonds. The molecule has 3 heterocycles. The predicted octanol–water partition coefficient (Wildman–Crippen LogP) is 1.40. The average Bonchev–Trinajstić information content (AvgIpc) is 2.78. The van der Waals surface area contributed by atoms with Crippen LogP contribution in [0.25, 0.3) is 10.2 Å². The first kappa shape index (κ1) is 11.8. The van der Waals surface area contributed by atoms with Gasteiger partial charge in [-0.3, -0.25) is 0 Å². The molecule has 5 nitrogen and oxygen atoms in total. The van der Waals surface area contributed by atoms with Gasteiger partial charge in [0.05, 0.1) is 18.1 Å². The fourth-order valence-corrected chi connectivity index (χ4v) is 2.93. The highest BCUT2D eigenvalue weighted by atomic mass is 32.1. The molecule has 1 aliphatic rings. The van der Waals surface area contributed by atoms with E-state index in [1.54, 1.807) is 17.7 Å². The minimum Gasteiger partial charge on any atom is -0.374 e. The van der Waals surface area contributed by atoms with Crippen LogP contribution in [0.4, 0.5) is 5.82 Å². The van der Waals surface area contributed by atoms with Gasteiger partial charge in [-0.25, -0.2) is 9.97 Å². The molecular formula is C12H16N4OS. The second-order valence-corrected chi connectivity index (χ2v) is 5.61. The van der Waals surface area contributed by atoms with Crippen LogP contribution in [0.2, 0.25) is 0 Å². The molecule has 1 unspecified atom stereocenters. The molecule has 0 saturated carbocycles. The van der Waals surface area contributed by atoms with Crippen molar-refractivity contribution in [1.29, 1.82) is 0 Å². The van der Waals surface area contributed by atoms with Crippen LogP contribution in [0.3, 0.4) is 0 Å². The number of thiophene rings is 1. The zero-order valence-corrected chi connectivity index (χ0v) is 11.1. The zero-order valence-electron chi connectivity index (χ0n) is 10.3. The van der Waals surface area contributed by atoms with Crippen LogP contribution < -0.4 is 10.6 Å². The molecule has 1 fully saturated rings. The van der Waals surface area contributed by atoms with Gasteiger partial charge in [-0.2, -0.15) is 0 Å². The Morgan fingerprint density at radius 3 is 3.33 bits per heavy atom. The van der Waals surface area contributed by atoms with E-state index in [1.165, 1.54) is 4.88 Å². The number of aryl methyl sites for hydroxylation is 1. The molecule has 96 valence electrons. The SMILES string of the molecule is Cc1cc2c(NCC3CNCCO3)ncnc2s1. The Kier molecular flexibility index (Phi) is 3.40. The smallest absolute Gasteiger partial charge is 0.138 e. The summed E-state index contributed by atoms with van der Waals surface area (Å²) in [4.78, 5) is 10.9. The lowest BCUT2D eigenvalue weighted by atomic mass is 10.3. The van der Waals surface area contributed by atoms with E-state index in [-0.39, 0.29) is 6.10 Å². The lowest BCUT2D eigenvalue weighted by Gasteiger charge is -2.24. The van der Waals surface area contributed by atoms with Crippen LogP contribution in [0.15, 0.2) is 12.4 Å². The summed E-state index contributed by atoms with van der Waals surface area (Å²) < 4.78 is 5.65. The minimum absolute atomic E-state index is 0.212. The predicted molar refractivity (Wildman–Crippen MR) is 73.3 cm³/mol. The Morgan fingerprint density at radius 2 is 2.50 bits per heavy atom. The summed E-state index contributed by atoms with van der Waals surface area (Å²) in [5, 5.41) is 7.78. The van der Waals surface area contributed by atoms with Crippen LogP contribution in [0.1, 0.15) is 4.88 Å². The van der Waals surface area contributed by atoms with Crippen molar-refractivity contribution in [3.05, 3.63) is 17.3 Å². The Hall–Kier alpha value is -1.24. The Morgan fingerprint density at radius 1 is 1.56 bits per heavy atom. The highest BCUT2D eigenvalue weighted by Gasteiger charge is 2.14. The third kappa shape index (κ3) is 2.45. The highest BCUT2D eigenvalue weighted by Crippen LogP contribution is 2.27. The Bertz CT molecular complexity index is 536. The van der Waals surface area contributed by atoms with Crippen molar-refractivity contribution in [2.24, 2.45) is 0 Å². The first-order valence-corrected chi connectivity index (χ1v) is 6.92. The molecule has 0 aromatic carbocycles. The standard InChI is InChI=1S/C12H16N4OS/c1-8-4-10-11(15-7-16-12(10)18-8)14-6-9-5-13-2-3-17-9/h4,7,9,13H,2-3,5-6H2,1H3,(H,14,15,16). The second-order valence-electron chi connectivity index (χ2n) is 4.38. The second kappa shape index (κ2) is 5.17. The third-order valence-corrected chi connectivity index (χ3v) is 3.91. The van der Waals surface area contributed by atoms with Gasteiger partial charge in [-0.05, 0) is 13.0 Å². The number of ether oxygens (including phenoxy) is 1. The summed E-state index contributed by atoms with van der Waals surface area (Å²) in [5.41, 5.74) is 0. The normalized spacial score (nSPS) is 20.2. The van der Waals surface area contributed by atoms with Crippen LogP contribution in [-0.4, -0.2) is 42.3 Å². The van der Waals surface area contributed by atoms with Crippen molar-refractivity contribution >= 4 is 27.4 Å². The van der Waals surface area contributed by atoms with E-state index in [2.05, 4.69) is 33.6 Å². The summed E-state index contributed by atoms with van der Waals surface area (Å²) in [5.74, 6) is 0.901. The van der Waals surface area contributed by atoms with Crippen molar-refractivity contribution in [3.8, 4) is 0 Å². The molecule has 0 spiro atoms. The number of fused-ring (bicyclic) bond motifs is 1. The number of nitrogens with zero attached hydrogens (tertiary/aromatic N) is 2. The van der Waals surface area contributed by atoms with E-state index in [0.717, 1.165) is 42.3 Å². The molecule has 2 aromatic rings. The number of nitrogens with one attached hydrogen (secondary N) is 2. The van der Waals surface area contributed by atoms with E-state index in [1.807, 2.05) is 0 Å². The number of rotatable bonds is 3. The summed E-state index contributed by atoms with van der Waals surface area (Å²) in [6.45, 7) is 5.48. The summed E-state index contributed by atoms with van der Waals surface area (Å²) in [7, 11) is 0. The fraction of sp³-hybridized carbons (Fsp3) is 0.500. The van der Waals surface area contributed by atoms with Crippen molar-refractivity contribution in [1.82, 2.24) is 15.3 Å². The number of hydrogen-bond acceptors (Lipinski definition) is 6. The van der Waals surface area contributed by atoms with Gasteiger partial charge < -0.3 is 15.4 Å². The molecule has 18 heavy (non-hydrogen) atoms. The van der Waals surface area contributed by atoms with E-state index in [0.29, 0.717) is 0 Å². The maximum atomic E-state index is 5.65. The first-order chi connectivity index (χ1) is 8.83. The van der Waals surface area contributed by atoms with Gasteiger partial charge in [-0.15, -0.1) is 11.3 Å². The number of aromatic nitrogens is 2. The van der Waals surface area contributed by atoms with Gasteiger partial charge in [0, 0.05) is 24.5 Å². The maximum Gasteiger partial charge on any atom is 0.138 e. The van der Waals surface area contributed by atoms with E-state index in [9.17, 15) is 0 Å². The van der Waals surface area contributed by atoms with Crippen molar-refractivity contribution in [2.45, 2.75) is 13.0 Å². The van der Waals surface area contributed by atoms with Crippen LogP contribution in [0, 0.1) is 6.92 Å². The monoisotopic (exact) mass is 264 g/mol. The van der Waals surface area contributed by atoms with Gasteiger partial charge in [-0.1, -0.05) is 0 Å². The van der Waals surface area contributed by atoms with Gasteiger partial charge in [0.25, 0.3) is 0 Å². The lowest BCUT2D eigenvalue weighted by molar-refractivity contribution is 0.0372. The van der Waals surface area contributed by atoms with Gasteiger partial charge >= 0.3 is 0 Å². The third-order valence-electron chi connectivity index (χ3n) is 2.95. The van der Waals surface area contributed by atoms with Gasteiger partial charge in [0.15, 0.2) is 0 Å². The van der Waals surface area contributed by atoms with Crippen LogP contribution in [-0.2, 0) is 4.74 Å². The molecule has 1 aliphatic heterocycles. The average molecular weight is 264 g/mol. The lowest BCUT2D eigenvalue weighted by Crippen LogP contribution is -2.42. The number of morpholine rings is 1. The summed E-state index contributed by atoms with van der Waals surface area (Å²) in [6, 6.07) is 2.13. The zero-order chi connectivity index (χ0) is 12.4. The fourth-order valence-electron chi connectivity index (χ4n) is 2.08. The Labute approximate surface area is 110 Å². The summed E-state index contributed by atoms with van der Waals surface area (Å²) in [6.07, 6.45) is 1.82. The highest BCUT2D eigenvalue weighted by molar-refractivity contribution is 7.18. The topological polar surface area (TPSA) is 59.1 Å². The van der Waals surface area contributed by atoms with Crippen LogP contribution in [0.5, 0.6) is 0 Å². The van der Waals surface area contributed by atoms with E-state index in [4.69, 9.17) is 4.74 Å². The molecule has 1 atom stereocenters. The van der Waals surface area contributed by atoms with Gasteiger partial charge in [0.2, 0.25) is 0 Å². The van der Waals surface area contributed by atoms with Crippen LogP contribution >= 0.6 is 11.3 Å². The van der Waals surface area contributed by atoms with Crippen molar-refractivity contribution in [2.75, 3.05) is 31.6 Å². The molecule has 0 aliphatic carbocycles. The van der Waals surface area contributed by atoms with E-state index >= 15 is 0 Å². The summed E-state index contributed by atoms with van der Waals surface area (Å²) >= 11 is 1.69. The molecule has 3 rings (SSSR count). The molecule has 0 bridgehead atoms. The van der Waals surface area contributed by atoms with Crippen molar-refractivity contribution < 1.29 is 4.74 Å². The molecule has 6 heteroatoms. The number of anilines is 1. The molecule has 2 N–H and O–H groups in total. The quantitative estimate of drug-likeness (QED) is 0.877.